The summed E-state index contributed by atoms with van der Waals surface area (Å²) in [6.07, 6.45) is 3.93. The molecule has 0 aliphatic carbocycles. The molecule has 0 saturated heterocycles. The molecule has 0 aliphatic rings. The van der Waals surface area contributed by atoms with Gasteiger partial charge in [-0.2, -0.15) is 0 Å². The monoisotopic (exact) mass is 344 g/mol. The van der Waals surface area contributed by atoms with Crippen molar-refractivity contribution in [2.75, 3.05) is 6.26 Å². The van der Waals surface area contributed by atoms with Gasteiger partial charge in [-0.15, -0.1) is 23.1 Å². The van der Waals surface area contributed by atoms with Gasteiger partial charge in [0.15, 0.2) is 0 Å². The van der Waals surface area contributed by atoms with Gasteiger partial charge in [-0.3, -0.25) is 4.79 Å². The summed E-state index contributed by atoms with van der Waals surface area (Å²) in [5.41, 5.74) is 1.98. The first-order chi connectivity index (χ1) is 11.2. The fourth-order valence-electron chi connectivity index (χ4n) is 2.09. The molecule has 0 radical (unpaired) electrons. The van der Waals surface area contributed by atoms with E-state index in [4.69, 9.17) is 4.42 Å². The van der Waals surface area contributed by atoms with E-state index in [1.807, 2.05) is 11.4 Å². The predicted octanol–water partition coefficient (Wildman–Crippen LogP) is 3.98. The number of thioether (sulfide) groups is 1. The molecule has 118 valence electrons. The van der Waals surface area contributed by atoms with Crippen LogP contribution in [0.3, 0.4) is 0 Å². The van der Waals surface area contributed by atoms with Crippen LogP contribution in [0.25, 0.3) is 11.3 Å². The maximum Gasteiger partial charge on any atom is 0.227 e. The van der Waals surface area contributed by atoms with Crippen molar-refractivity contribution in [2.24, 2.45) is 0 Å². The summed E-state index contributed by atoms with van der Waals surface area (Å²) in [4.78, 5) is 17.7. The van der Waals surface area contributed by atoms with Crippen LogP contribution in [0.1, 0.15) is 10.8 Å². The maximum atomic E-state index is 11.9. The lowest BCUT2D eigenvalue weighted by Gasteiger charge is -2.01. The van der Waals surface area contributed by atoms with Gasteiger partial charge in [0.2, 0.25) is 5.91 Å². The summed E-state index contributed by atoms with van der Waals surface area (Å²) >= 11 is 3.22. The van der Waals surface area contributed by atoms with Crippen LogP contribution in [0.2, 0.25) is 0 Å². The molecule has 2 heterocycles. The number of hydrogen-bond donors (Lipinski definition) is 1. The van der Waals surface area contributed by atoms with Gasteiger partial charge in [0.1, 0.15) is 10.8 Å². The minimum absolute atomic E-state index is 0.0555. The summed E-state index contributed by atoms with van der Waals surface area (Å²) in [7, 11) is 0. The minimum Gasteiger partial charge on any atom is -0.467 e. The molecule has 0 spiro atoms. The van der Waals surface area contributed by atoms with Crippen LogP contribution in [0.4, 0.5) is 0 Å². The molecule has 2 aromatic heterocycles. The highest BCUT2D eigenvalue weighted by Gasteiger charge is 2.09. The van der Waals surface area contributed by atoms with Crippen molar-refractivity contribution >= 4 is 29.0 Å². The number of nitrogens with zero attached hydrogens (tertiary/aromatic N) is 1. The number of hydrogen-bond acceptors (Lipinski definition) is 5. The number of carbonyl (C=O) groups excluding carboxylic acids is 1. The van der Waals surface area contributed by atoms with Crippen LogP contribution in [0.5, 0.6) is 0 Å². The lowest BCUT2D eigenvalue weighted by atomic mass is 10.2. The normalized spacial score (nSPS) is 10.7. The average Bonchev–Trinajstić information content (AvgIpc) is 3.25. The fourth-order valence-corrected chi connectivity index (χ4v) is 3.30. The van der Waals surface area contributed by atoms with E-state index in [9.17, 15) is 4.79 Å². The van der Waals surface area contributed by atoms with E-state index in [2.05, 4.69) is 40.8 Å². The highest BCUT2D eigenvalue weighted by Crippen LogP contribution is 2.24. The summed E-state index contributed by atoms with van der Waals surface area (Å²) in [5, 5.41) is 5.63. The van der Waals surface area contributed by atoms with Crippen molar-refractivity contribution in [3.05, 3.63) is 58.8 Å². The molecule has 1 amide bonds. The van der Waals surface area contributed by atoms with E-state index in [1.165, 1.54) is 16.2 Å². The van der Waals surface area contributed by atoms with Crippen LogP contribution in [-0.4, -0.2) is 17.1 Å². The van der Waals surface area contributed by atoms with E-state index >= 15 is 0 Å². The Kier molecular flexibility index (Phi) is 5.15. The SMILES string of the molecule is CSc1ccc(-c2csc(CC(=O)NCc3ccco3)n2)cc1. The number of rotatable bonds is 6. The zero-order valence-electron chi connectivity index (χ0n) is 12.6. The lowest BCUT2D eigenvalue weighted by molar-refractivity contribution is -0.120. The van der Waals surface area contributed by atoms with Crippen molar-refractivity contribution in [2.45, 2.75) is 17.9 Å². The molecular formula is C17H16N2O2S2. The largest absolute Gasteiger partial charge is 0.467 e. The average molecular weight is 344 g/mol. The molecule has 0 unspecified atom stereocenters. The summed E-state index contributed by atoms with van der Waals surface area (Å²) < 4.78 is 5.19. The van der Waals surface area contributed by atoms with Gasteiger partial charge in [0.05, 0.1) is 24.9 Å². The Morgan fingerprint density at radius 3 is 2.83 bits per heavy atom. The van der Waals surface area contributed by atoms with Crippen molar-refractivity contribution in [3.8, 4) is 11.3 Å². The number of amides is 1. The first-order valence-electron chi connectivity index (χ1n) is 7.12. The van der Waals surface area contributed by atoms with Crippen molar-refractivity contribution < 1.29 is 9.21 Å². The van der Waals surface area contributed by atoms with Crippen LogP contribution < -0.4 is 5.32 Å². The number of nitrogens with one attached hydrogen (secondary N) is 1. The number of furan rings is 1. The van der Waals surface area contributed by atoms with Crippen LogP contribution in [0.15, 0.2) is 57.4 Å². The third-order valence-corrected chi connectivity index (χ3v) is 4.88. The summed E-state index contributed by atoms with van der Waals surface area (Å²) in [6, 6.07) is 11.9. The third kappa shape index (κ3) is 4.24. The zero-order valence-corrected chi connectivity index (χ0v) is 14.2. The summed E-state index contributed by atoms with van der Waals surface area (Å²) in [5.74, 6) is 0.687. The zero-order chi connectivity index (χ0) is 16.1. The van der Waals surface area contributed by atoms with Crippen molar-refractivity contribution in [1.29, 1.82) is 0 Å². The molecule has 1 N–H and O–H groups in total. The van der Waals surface area contributed by atoms with Gasteiger partial charge in [-0.05, 0) is 30.5 Å². The van der Waals surface area contributed by atoms with Gasteiger partial charge < -0.3 is 9.73 Å². The molecular weight excluding hydrogens is 328 g/mol. The third-order valence-electron chi connectivity index (χ3n) is 3.29. The van der Waals surface area contributed by atoms with E-state index < -0.39 is 0 Å². The number of carbonyl (C=O) groups is 1. The molecule has 0 saturated carbocycles. The Hall–Kier alpha value is -2.05. The molecule has 0 atom stereocenters. The van der Waals surface area contributed by atoms with Gasteiger partial charge >= 0.3 is 0 Å². The van der Waals surface area contributed by atoms with Gasteiger partial charge in [0.25, 0.3) is 0 Å². The fraction of sp³-hybridized carbons (Fsp3) is 0.176. The van der Waals surface area contributed by atoms with E-state index in [1.54, 1.807) is 24.1 Å². The van der Waals surface area contributed by atoms with Gasteiger partial charge in [-0.25, -0.2) is 4.98 Å². The molecule has 6 heteroatoms. The molecule has 23 heavy (non-hydrogen) atoms. The second kappa shape index (κ2) is 7.48. The Morgan fingerprint density at radius 1 is 1.30 bits per heavy atom. The van der Waals surface area contributed by atoms with Crippen LogP contribution in [0, 0.1) is 0 Å². The van der Waals surface area contributed by atoms with Crippen LogP contribution >= 0.6 is 23.1 Å². The highest BCUT2D eigenvalue weighted by atomic mass is 32.2. The molecule has 0 bridgehead atoms. The topological polar surface area (TPSA) is 55.1 Å². The second-order valence-corrected chi connectivity index (χ2v) is 6.71. The first kappa shape index (κ1) is 15.8. The van der Waals surface area contributed by atoms with Crippen molar-refractivity contribution in [1.82, 2.24) is 10.3 Å². The quantitative estimate of drug-likeness (QED) is 0.687. The Labute approximate surface area is 142 Å². The number of thiazole rings is 1. The molecule has 4 nitrogen and oxygen atoms in total. The second-order valence-electron chi connectivity index (χ2n) is 4.89. The van der Waals surface area contributed by atoms with E-state index in [0.717, 1.165) is 22.0 Å². The van der Waals surface area contributed by atoms with Crippen molar-refractivity contribution in [3.63, 3.8) is 0 Å². The molecule has 1 aromatic carbocycles. The Bertz CT molecular complexity index is 764. The van der Waals surface area contributed by atoms with Gasteiger partial charge in [0, 0.05) is 15.8 Å². The number of aromatic nitrogens is 1. The van der Waals surface area contributed by atoms with E-state index in [-0.39, 0.29) is 12.3 Å². The Morgan fingerprint density at radius 2 is 2.13 bits per heavy atom. The Balaban J connectivity index is 1.58. The van der Waals surface area contributed by atoms with E-state index in [0.29, 0.717) is 6.54 Å². The minimum atomic E-state index is -0.0555. The predicted molar refractivity (Wildman–Crippen MR) is 93.6 cm³/mol. The maximum absolute atomic E-state index is 11.9. The number of benzene rings is 1. The summed E-state index contributed by atoms with van der Waals surface area (Å²) in [6.45, 7) is 0.403. The highest BCUT2D eigenvalue weighted by molar-refractivity contribution is 7.98. The smallest absolute Gasteiger partial charge is 0.227 e. The first-order valence-corrected chi connectivity index (χ1v) is 9.23. The lowest BCUT2D eigenvalue weighted by Crippen LogP contribution is -2.24. The molecule has 0 fully saturated rings. The standard InChI is InChI=1S/C17H16N2O2S2/c1-22-14-6-4-12(5-7-14)15-11-23-17(19-15)9-16(20)18-10-13-3-2-8-21-13/h2-8,11H,9-10H2,1H3,(H,18,20). The molecule has 3 aromatic rings. The molecule has 0 aliphatic heterocycles. The van der Waals surface area contributed by atoms with Crippen LogP contribution in [-0.2, 0) is 17.8 Å². The molecule has 3 rings (SSSR count). The van der Waals surface area contributed by atoms with Gasteiger partial charge in [-0.1, -0.05) is 12.1 Å².